The number of Topliss-reactive ketones (excluding diaryl/α,β-unsaturated/α-hetero) is 2. The summed E-state index contributed by atoms with van der Waals surface area (Å²) in [7, 11) is 3.42. The van der Waals surface area contributed by atoms with E-state index in [0.717, 1.165) is 34.8 Å². The minimum absolute atomic E-state index is 0.0157. The molecule has 12 nitrogen and oxygen atoms in total. The fourth-order valence-corrected chi connectivity index (χ4v) is 6.96. The van der Waals surface area contributed by atoms with Crippen molar-refractivity contribution in [2.75, 3.05) is 41.3 Å². The quantitative estimate of drug-likeness (QED) is 0.0758. The Morgan fingerprint density at radius 2 is 1.36 bits per heavy atom. The highest BCUT2D eigenvalue weighted by Crippen LogP contribution is 2.35. The van der Waals surface area contributed by atoms with Gasteiger partial charge in [-0.05, 0) is 48.7 Å². The van der Waals surface area contributed by atoms with Crippen molar-refractivity contribution in [2.45, 2.75) is 13.8 Å². The molecule has 3 aromatic carbocycles. The Morgan fingerprint density at radius 3 is 2.02 bits per heavy atom. The second-order valence-electron chi connectivity index (χ2n) is 13.3. The maximum atomic E-state index is 13.9. The molecule has 13 heteroatoms. The molecule has 6 aromatic rings. The summed E-state index contributed by atoms with van der Waals surface area (Å²) in [6.45, 7) is 5.53. The summed E-state index contributed by atoms with van der Waals surface area (Å²) in [6.07, 6.45) is 4.00. The van der Waals surface area contributed by atoms with E-state index in [1.165, 1.54) is 6.07 Å². The maximum absolute atomic E-state index is 13.9. The summed E-state index contributed by atoms with van der Waals surface area (Å²) in [5, 5.41) is 2.68. The first-order valence-corrected chi connectivity index (χ1v) is 17.7. The minimum atomic E-state index is -1.12. The van der Waals surface area contributed by atoms with Gasteiger partial charge in [0.05, 0.1) is 18.1 Å². The number of nitrogens with one attached hydrogen (secondary N) is 1. The molecule has 1 aliphatic rings. The topological polar surface area (TPSA) is 132 Å². The molecule has 0 radical (unpaired) electrons. The molecule has 1 fully saturated rings. The fourth-order valence-electron chi connectivity index (χ4n) is 6.96. The van der Waals surface area contributed by atoms with Gasteiger partial charge in [-0.1, -0.05) is 60.7 Å². The lowest BCUT2D eigenvalue weighted by Crippen LogP contribution is -2.47. The predicted molar refractivity (Wildman–Crippen MR) is 207 cm³/mol. The zero-order chi connectivity index (χ0) is 38.8. The van der Waals surface area contributed by atoms with Gasteiger partial charge in [0, 0.05) is 75.0 Å². The average Bonchev–Trinajstić information content (AvgIpc) is 3.67. The molecule has 0 unspecified atom stereocenters. The van der Waals surface area contributed by atoms with Crippen LogP contribution in [0.15, 0.2) is 104 Å². The second kappa shape index (κ2) is 15.2. The van der Waals surface area contributed by atoms with Gasteiger partial charge in [0.2, 0.25) is 5.95 Å². The van der Waals surface area contributed by atoms with Gasteiger partial charge < -0.3 is 29.0 Å². The van der Waals surface area contributed by atoms with Crippen LogP contribution in [0, 0.1) is 19.7 Å². The largest absolute Gasteiger partial charge is 0.418 e. The molecular formula is C42H38FN7O5. The van der Waals surface area contributed by atoms with E-state index in [1.807, 2.05) is 90.4 Å². The SMILES string of the molecule is Cc1cn(C)c(C(=O)C(=O)Oc2cc(NC(=O)C(=O)c3c(-c4ccccc4)cc(C)n3C)ccc2N2CCN(c3ncc(F)cn3)CC2)c1-c1ccccc1. The van der Waals surface area contributed by atoms with Crippen LogP contribution in [0.25, 0.3) is 22.3 Å². The summed E-state index contributed by atoms with van der Waals surface area (Å²) in [4.78, 5) is 67.1. The van der Waals surface area contributed by atoms with E-state index in [-0.39, 0.29) is 22.8 Å². The lowest BCUT2D eigenvalue weighted by molar-refractivity contribution is -0.129. The highest BCUT2D eigenvalue weighted by atomic mass is 19.1. The van der Waals surface area contributed by atoms with Gasteiger partial charge in [-0.3, -0.25) is 14.4 Å². The maximum Gasteiger partial charge on any atom is 0.386 e. The molecule has 3 aromatic heterocycles. The van der Waals surface area contributed by atoms with Crippen molar-refractivity contribution in [3.63, 3.8) is 0 Å². The van der Waals surface area contributed by atoms with Crippen molar-refractivity contribution >= 4 is 40.8 Å². The van der Waals surface area contributed by atoms with Crippen molar-refractivity contribution in [3.05, 3.63) is 132 Å². The van der Waals surface area contributed by atoms with E-state index in [9.17, 15) is 23.6 Å². The summed E-state index contributed by atoms with van der Waals surface area (Å²) < 4.78 is 22.7. The molecule has 1 aliphatic heterocycles. The van der Waals surface area contributed by atoms with Gasteiger partial charge in [0.1, 0.15) is 11.4 Å². The molecule has 0 bridgehead atoms. The van der Waals surface area contributed by atoms with E-state index in [1.54, 1.807) is 41.6 Å². The summed E-state index contributed by atoms with van der Waals surface area (Å²) >= 11 is 0. The number of aromatic nitrogens is 4. The van der Waals surface area contributed by atoms with Gasteiger partial charge in [-0.25, -0.2) is 19.2 Å². The molecule has 55 heavy (non-hydrogen) atoms. The third-order valence-corrected chi connectivity index (χ3v) is 9.74. The number of piperazine rings is 1. The van der Waals surface area contributed by atoms with E-state index < -0.39 is 29.3 Å². The molecule has 1 saturated heterocycles. The highest BCUT2D eigenvalue weighted by molar-refractivity contribution is 6.47. The zero-order valence-corrected chi connectivity index (χ0v) is 30.7. The number of anilines is 3. The molecular weight excluding hydrogens is 702 g/mol. The van der Waals surface area contributed by atoms with Gasteiger partial charge in [0.15, 0.2) is 11.6 Å². The number of amides is 1. The number of aryl methyl sites for hydroxylation is 3. The molecule has 0 saturated carbocycles. The molecule has 1 amide bonds. The first kappa shape index (κ1) is 36.5. The summed E-state index contributed by atoms with van der Waals surface area (Å²) in [5.41, 5.74) is 5.49. The molecule has 7 rings (SSSR count). The number of esters is 1. The number of ether oxygens (including phenoxy) is 1. The molecule has 0 atom stereocenters. The molecule has 0 aliphatic carbocycles. The second-order valence-corrected chi connectivity index (χ2v) is 13.3. The van der Waals surface area contributed by atoms with Gasteiger partial charge in [0.25, 0.3) is 17.5 Å². The fraction of sp³-hybridized carbons (Fsp3) is 0.190. The van der Waals surface area contributed by atoms with Gasteiger partial charge in [-0.2, -0.15) is 0 Å². The standard InChI is InChI=1S/C42H38FN7O5/c1-26-25-47(3)37(35(26)29-13-9-6-10-14-29)39(52)41(54)55-34-22-31(15-16-33(34)49-17-19-50(20-18-49)42-44-23-30(43)24-45-42)46-40(53)38(51)36-32(21-27(2)48(36)4)28-11-7-5-8-12-28/h5-16,21-25H,17-20H2,1-4H3,(H,46,53). The van der Waals surface area contributed by atoms with Crippen LogP contribution < -0.4 is 19.9 Å². The van der Waals surface area contributed by atoms with Gasteiger partial charge >= 0.3 is 5.97 Å². The normalized spacial score (nSPS) is 12.7. The first-order valence-electron chi connectivity index (χ1n) is 17.7. The number of carbonyl (C=O) groups is 4. The number of ketones is 2. The van der Waals surface area contributed by atoms with Crippen molar-refractivity contribution < 1.29 is 28.3 Å². The molecule has 278 valence electrons. The highest BCUT2D eigenvalue weighted by Gasteiger charge is 2.30. The summed E-state index contributed by atoms with van der Waals surface area (Å²) in [5.74, 6) is -3.74. The average molecular weight is 740 g/mol. The van der Waals surface area contributed by atoms with Crippen LogP contribution in [0.4, 0.5) is 21.7 Å². The number of rotatable bonds is 10. The summed E-state index contributed by atoms with van der Waals surface area (Å²) in [6, 6.07) is 25.2. The van der Waals surface area contributed by atoms with Crippen molar-refractivity contribution in [3.8, 4) is 28.0 Å². The number of halogens is 1. The van der Waals surface area contributed by atoms with Crippen molar-refractivity contribution in [1.82, 2.24) is 19.1 Å². The number of hydrogen-bond donors (Lipinski definition) is 1. The number of hydrogen-bond acceptors (Lipinski definition) is 9. The van der Waals surface area contributed by atoms with Crippen LogP contribution in [-0.4, -0.2) is 68.7 Å². The number of nitrogens with zero attached hydrogens (tertiary/aromatic N) is 6. The smallest absolute Gasteiger partial charge is 0.386 e. The van der Waals surface area contributed by atoms with E-state index in [2.05, 4.69) is 15.3 Å². The molecule has 0 spiro atoms. The van der Waals surface area contributed by atoms with E-state index >= 15 is 0 Å². The Bertz CT molecular complexity index is 2420. The third kappa shape index (κ3) is 7.36. The van der Waals surface area contributed by atoms with E-state index in [0.29, 0.717) is 48.9 Å². The van der Waals surface area contributed by atoms with Gasteiger partial charge in [-0.15, -0.1) is 0 Å². The minimum Gasteiger partial charge on any atom is -0.418 e. The lowest BCUT2D eigenvalue weighted by atomic mass is 10.0. The number of benzene rings is 3. The Balaban J connectivity index is 1.18. The Labute approximate surface area is 316 Å². The Hall–Kier alpha value is -6.89. The lowest BCUT2D eigenvalue weighted by Gasteiger charge is -2.36. The van der Waals surface area contributed by atoms with Crippen molar-refractivity contribution in [1.29, 1.82) is 0 Å². The zero-order valence-electron chi connectivity index (χ0n) is 30.7. The first-order chi connectivity index (χ1) is 26.5. The van der Waals surface area contributed by atoms with Crippen LogP contribution in [0.1, 0.15) is 32.2 Å². The molecule has 4 heterocycles. The van der Waals surface area contributed by atoms with Crippen LogP contribution in [0.3, 0.4) is 0 Å². The van der Waals surface area contributed by atoms with Crippen LogP contribution in [0.2, 0.25) is 0 Å². The van der Waals surface area contributed by atoms with Crippen molar-refractivity contribution in [2.24, 2.45) is 14.1 Å². The van der Waals surface area contributed by atoms with Crippen LogP contribution in [-0.2, 0) is 23.7 Å². The predicted octanol–water partition coefficient (Wildman–Crippen LogP) is 6.18. The van der Waals surface area contributed by atoms with Crippen LogP contribution >= 0.6 is 0 Å². The molecule has 1 N–H and O–H groups in total. The third-order valence-electron chi connectivity index (χ3n) is 9.74. The van der Waals surface area contributed by atoms with E-state index in [4.69, 9.17) is 4.74 Å². The monoisotopic (exact) mass is 739 g/mol. The Morgan fingerprint density at radius 1 is 0.745 bits per heavy atom. The Kier molecular flexibility index (Phi) is 10.1. The van der Waals surface area contributed by atoms with Crippen LogP contribution in [0.5, 0.6) is 5.75 Å². The number of carbonyl (C=O) groups excluding carboxylic acids is 4.